The van der Waals surface area contributed by atoms with Crippen LogP contribution in [0.2, 0.25) is 0 Å². The molecule has 0 aliphatic rings. The minimum atomic E-state index is -0.0723. The zero-order chi connectivity index (χ0) is 11.9. The van der Waals surface area contributed by atoms with Crippen LogP contribution >= 0.6 is 23.2 Å². The van der Waals surface area contributed by atoms with E-state index < -0.39 is 0 Å². The van der Waals surface area contributed by atoms with Gasteiger partial charge in [-0.1, -0.05) is 13.3 Å². The topological polar surface area (TPSA) is 9.23 Å². The zero-order valence-electron chi connectivity index (χ0n) is 10.4. The molecule has 0 aliphatic heterocycles. The van der Waals surface area contributed by atoms with Gasteiger partial charge in [0.2, 0.25) is 0 Å². The number of hydrogen-bond acceptors (Lipinski definition) is 1. The van der Waals surface area contributed by atoms with E-state index in [9.17, 15) is 0 Å². The molecule has 0 saturated carbocycles. The van der Waals surface area contributed by atoms with E-state index >= 15 is 0 Å². The Morgan fingerprint density at radius 3 is 1.87 bits per heavy atom. The summed E-state index contributed by atoms with van der Waals surface area (Å²) >= 11 is 12.1. The van der Waals surface area contributed by atoms with Crippen LogP contribution in [-0.2, 0) is 4.74 Å². The SMILES string of the molecule is CCCC(CCl)(CCl)CCC(C)(C)OC. The molecule has 0 saturated heterocycles. The first kappa shape index (κ1) is 15.5. The predicted molar refractivity (Wildman–Crippen MR) is 69.1 cm³/mol. The van der Waals surface area contributed by atoms with Crippen molar-refractivity contribution in [3.05, 3.63) is 0 Å². The molecule has 3 heteroatoms. The monoisotopic (exact) mass is 254 g/mol. The lowest BCUT2D eigenvalue weighted by molar-refractivity contribution is 0.00575. The fourth-order valence-corrected chi connectivity index (χ4v) is 2.45. The predicted octanol–water partition coefficient (Wildman–Crippen LogP) is 4.46. The third-order valence-electron chi connectivity index (χ3n) is 3.16. The Hall–Kier alpha value is 0.540. The minimum Gasteiger partial charge on any atom is -0.379 e. The highest BCUT2D eigenvalue weighted by Gasteiger charge is 2.30. The number of alkyl halides is 2. The molecule has 0 amide bonds. The van der Waals surface area contributed by atoms with Crippen LogP contribution in [0, 0.1) is 5.41 Å². The molecule has 0 spiro atoms. The molecule has 0 bridgehead atoms. The van der Waals surface area contributed by atoms with Crippen molar-refractivity contribution in [2.24, 2.45) is 5.41 Å². The summed E-state index contributed by atoms with van der Waals surface area (Å²) in [5.74, 6) is 1.29. The van der Waals surface area contributed by atoms with Crippen molar-refractivity contribution in [1.29, 1.82) is 0 Å². The van der Waals surface area contributed by atoms with Crippen molar-refractivity contribution in [2.45, 2.75) is 52.1 Å². The van der Waals surface area contributed by atoms with Crippen LogP contribution in [0.15, 0.2) is 0 Å². The standard InChI is InChI=1S/C12H24Cl2O/c1-5-6-12(9-13,10-14)8-7-11(2,3)15-4/h5-10H2,1-4H3. The molecule has 1 nitrogen and oxygen atoms in total. The number of halogens is 2. The van der Waals surface area contributed by atoms with E-state index in [1.165, 1.54) is 0 Å². The summed E-state index contributed by atoms with van der Waals surface area (Å²) in [6, 6.07) is 0. The molecule has 92 valence electrons. The van der Waals surface area contributed by atoms with Crippen molar-refractivity contribution in [3.8, 4) is 0 Å². The molecule has 0 N–H and O–H groups in total. The zero-order valence-corrected chi connectivity index (χ0v) is 11.9. The summed E-state index contributed by atoms with van der Waals surface area (Å²) in [6.07, 6.45) is 4.27. The normalized spacial score (nSPS) is 13.2. The third kappa shape index (κ3) is 5.42. The Bertz CT molecular complexity index is 165. The van der Waals surface area contributed by atoms with Crippen LogP contribution in [-0.4, -0.2) is 24.5 Å². The molecule has 0 atom stereocenters. The van der Waals surface area contributed by atoms with Crippen LogP contribution < -0.4 is 0 Å². The summed E-state index contributed by atoms with van der Waals surface area (Å²) in [5.41, 5.74) is 0.0186. The maximum atomic E-state index is 6.05. The molecule has 0 aromatic rings. The summed E-state index contributed by atoms with van der Waals surface area (Å²) in [5, 5.41) is 0. The van der Waals surface area contributed by atoms with Gasteiger partial charge in [-0.05, 0) is 38.5 Å². The Morgan fingerprint density at radius 1 is 1.00 bits per heavy atom. The summed E-state index contributed by atoms with van der Waals surface area (Å²) in [6.45, 7) is 6.38. The van der Waals surface area contributed by atoms with E-state index in [2.05, 4.69) is 20.8 Å². The van der Waals surface area contributed by atoms with Crippen LogP contribution in [0.4, 0.5) is 0 Å². The average Bonchev–Trinajstić information content (AvgIpc) is 2.24. The van der Waals surface area contributed by atoms with E-state index in [1.54, 1.807) is 7.11 Å². The number of ether oxygens (including phenoxy) is 1. The number of rotatable bonds is 8. The fraction of sp³-hybridized carbons (Fsp3) is 1.00. The van der Waals surface area contributed by atoms with Crippen molar-refractivity contribution < 1.29 is 4.74 Å². The van der Waals surface area contributed by atoms with Crippen LogP contribution in [0.5, 0.6) is 0 Å². The Morgan fingerprint density at radius 2 is 1.53 bits per heavy atom. The minimum absolute atomic E-state index is 0.0723. The highest BCUT2D eigenvalue weighted by atomic mass is 35.5. The lowest BCUT2D eigenvalue weighted by atomic mass is 9.80. The van der Waals surface area contributed by atoms with Gasteiger partial charge in [-0.2, -0.15) is 0 Å². The van der Waals surface area contributed by atoms with Crippen molar-refractivity contribution in [3.63, 3.8) is 0 Å². The first-order valence-electron chi connectivity index (χ1n) is 5.62. The summed E-state index contributed by atoms with van der Waals surface area (Å²) in [7, 11) is 1.75. The van der Waals surface area contributed by atoms with Gasteiger partial charge in [0, 0.05) is 18.9 Å². The van der Waals surface area contributed by atoms with Gasteiger partial charge in [0.1, 0.15) is 0 Å². The summed E-state index contributed by atoms with van der Waals surface area (Å²) in [4.78, 5) is 0. The van der Waals surface area contributed by atoms with E-state index in [0.29, 0.717) is 11.8 Å². The summed E-state index contributed by atoms with van der Waals surface area (Å²) < 4.78 is 5.41. The van der Waals surface area contributed by atoms with E-state index in [0.717, 1.165) is 25.7 Å². The van der Waals surface area contributed by atoms with Gasteiger partial charge in [-0.25, -0.2) is 0 Å². The molecule has 0 heterocycles. The van der Waals surface area contributed by atoms with Gasteiger partial charge in [0.25, 0.3) is 0 Å². The second kappa shape index (κ2) is 6.98. The molecule has 0 aromatic carbocycles. The largest absolute Gasteiger partial charge is 0.379 e. The average molecular weight is 255 g/mol. The van der Waals surface area contributed by atoms with Crippen LogP contribution in [0.3, 0.4) is 0 Å². The third-order valence-corrected chi connectivity index (χ3v) is 4.29. The lowest BCUT2D eigenvalue weighted by Gasteiger charge is -2.33. The van der Waals surface area contributed by atoms with Crippen molar-refractivity contribution in [2.75, 3.05) is 18.9 Å². The Kier molecular flexibility index (Phi) is 7.23. The van der Waals surface area contributed by atoms with Crippen LogP contribution in [0.1, 0.15) is 46.5 Å². The molecule has 0 radical (unpaired) electrons. The maximum Gasteiger partial charge on any atom is 0.0623 e. The highest BCUT2D eigenvalue weighted by molar-refractivity contribution is 6.21. The first-order chi connectivity index (χ1) is 6.95. The lowest BCUT2D eigenvalue weighted by Crippen LogP contribution is -2.30. The van der Waals surface area contributed by atoms with Gasteiger partial charge in [0.15, 0.2) is 0 Å². The van der Waals surface area contributed by atoms with E-state index in [4.69, 9.17) is 27.9 Å². The van der Waals surface area contributed by atoms with Crippen LogP contribution in [0.25, 0.3) is 0 Å². The van der Waals surface area contributed by atoms with Gasteiger partial charge in [0.05, 0.1) is 5.60 Å². The fourth-order valence-electron chi connectivity index (χ4n) is 1.63. The maximum absolute atomic E-state index is 6.05. The molecular formula is C12H24Cl2O. The Labute approximate surface area is 104 Å². The Balaban J connectivity index is 4.28. The molecule has 0 unspecified atom stereocenters. The molecule has 0 rings (SSSR count). The van der Waals surface area contributed by atoms with Gasteiger partial charge in [-0.15, -0.1) is 23.2 Å². The molecule has 0 fully saturated rings. The molecule has 0 aromatic heterocycles. The smallest absolute Gasteiger partial charge is 0.0623 e. The molecule has 15 heavy (non-hydrogen) atoms. The second-order valence-corrected chi connectivity index (χ2v) is 5.52. The van der Waals surface area contributed by atoms with E-state index in [1.807, 2.05) is 0 Å². The van der Waals surface area contributed by atoms with Crippen molar-refractivity contribution >= 4 is 23.2 Å². The van der Waals surface area contributed by atoms with E-state index in [-0.39, 0.29) is 11.0 Å². The molecule has 0 aliphatic carbocycles. The quantitative estimate of drug-likeness (QED) is 0.582. The molecular weight excluding hydrogens is 231 g/mol. The van der Waals surface area contributed by atoms with Crippen molar-refractivity contribution in [1.82, 2.24) is 0 Å². The second-order valence-electron chi connectivity index (χ2n) is 4.98. The van der Waals surface area contributed by atoms with Gasteiger partial charge in [-0.3, -0.25) is 0 Å². The number of methoxy groups -OCH3 is 1. The first-order valence-corrected chi connectivity index (χ1v) is 6.69. The highest BCUT2D eigenvalue weighted by Crippen LogP contribution is 2.35. The van der Waals surface area contributed by atoms with Gasteiger partial charge < -0.3 is 4.74 Å². The number of hydrogen-bond donors (Lipinski definition) is 0. The van der Waals surface area contributed by atoms with Gasteiger partial charge >= 0.3 is 0 Å².